The zero-order chi connectivity index (χ0) is 15.9. The van der Waals surface area contributed by atoms with Crippen LogP contribution in [0.25, 0.3) is 0 Å². The minimum absolute atomic E-state index is 0.0393. The summed E-state index contributed by atoms with van der Waals surface area (Å²) in [6.07, 6.45) is -4.22. The Hall–Kier alpha value is -1.60. The summed E-state index contributed by atoms with van der Waals surface area (Å²) in [6, 6.07) is 3.90. The van der Waals surface area contributed by atoms with E-state index in [1.54, 1.807) is 0 Å². The van der Waals surface area contributed by atoms with Gasteiger partial charge in [-0.2, -0.15) is 18.3 Å². The molecule has 118 valence electrons. The van der Waals surface area contributed by atoms with Crippen LogP contribution in [0.3, 0.4) is 0 Å². The van der Waals surface area contributed by atoms with E-state index in [2.05, 4.69) is 10.4 Å². The zero-order valence-electron chi connectivity index (χ0n) is 11.3. The van der Waals surface area contributed by atoms with Crippen LogP contribution in [-0.4, -0.2) is 16.3 Å². The van der Waals surface area contributed by atoms with Crippen LogP contribution >= 0.6 is 11.6 Å². The SMILES string of the molecule is Fc1cc(Cl)cc(Cn2nc(C(F)(F)F)c3c2CNCC3)c1. The van der Waals surface area contributed by atoms with E-state index in [-0.39, 0.29) is 23.6 Å². The van der Waals surface area contributed by atoms with Crippen molar-refractivity contribution in [1.82, 2.24) is 15.1 Å². The van der Waals surface area contributed by atoms with E-state index in [0.717, 1.165) is 6.07 Å². The fraction of sp³-hybridized carbons (Fsp3) is 0.357. The number of nitrogens with zero attached hydrogens (tertiary/aromatic N) is 2. The van der Waals surface area contributed by atoms with Gasteiger partial charge in [-0.3, -0.25) is 4.68 Å². The van der Waals surface area contributed by atoms with Gasteiger partial charge in [0.25, 0.3) is 0 Å². The number of hydrogen-bond donors (Lipinski definition) is 1. The normalized spacial score (nSPS) is 15.0. The van der Waals surface area contributed by atoms with Crippen molar-refractivity contribution in [2.24, 2.45) is 0 Å². The Balaban J connectivity index is 2.02. The smallest absolute Gasteiger partial charge is 0.311 e. The summed E-state index contributed by atoms with van der Waals surface area (Å²) in [5.41, 5.74) is 0.314. The van der Waals surface area contributed by atoms with Gasteiger partial charge in [0.2, 0.25) is 0 Å². The lowest BCUT2D eigenvalue weighted by Crippen LogP contribution is -2.26. The van der Waals surface area contributed by atoms with Crippen molar-refractivity contribution in [3.05, 3.63) is 51.6 Å². The summed E-state index contributed by atoms with van der Waals surface area (Å²) in [5.74, 6) is -0.530. The maximum Gasteiger partial charge on any atom is 0.435 e. The molecular weight excluding hydrogens is 322 g/mol. The molecule has 1 aromatic heterocycles. The van der Waals surface area contributed by atoms with Gasteiger partial charge in [-0.1, -0.05) is 11.6 Å². The quantitative estimate of drug-likeness (QED) is 0.854. The van der Waals surface area contributed by atoms with Gasteiger partial charge in [-0.05, 0) is 36.7 Å². The van der Waals surface area contributed by atoms with Crippen LogP contribution in [0.1, 0.15) is 22.5 Å². The van der Waals surface area contributed by atoms with Crippen molar-refractivity contribution in [3.8, 4) is 0 Å². The molecule has 2 aromatic rings. The first-order chi connectivity index (χ1) is 10.3. The molecule has 0 unspecified atom stereocenters. The minimum Gasteiger partial charge on any atom is -0.311 e. The number of halogens is 5. The molecule has 1 aliphatic rings. The predicted molar refractivity (Wildman–Crippen MR) is 73.2 cm³/mol. The highest BCUT2D eigenvalue weighted by atomic mass is 35.5. The van der Waals surface area contributed by atoms with Crippen LogP contribution in [0.5, 0.6) is 0 Å². The number of fused-ring (bicyclic) bond motifs is 1. The Kier molecular flexibility index (Phi) is 3.86. The number of alkyl halides is 3. The van der Waals surface area contributed by atoms with Crippen molar-refractivity contribution < 1.29 is 17.6 Å². The molecule has 0 saturated carbocycles. The van der Waals surface area contributed by atoms with Gasteiger partial charge in [0, 0.05) is 17.1 Å². The van der Waals surface area contributed by atoms with Crippen LogP contribution in [-0.2, 0) is 25.7 Å². The van der Waals surface area contributed by atoms with Gasteiger partial charge in [0.1, 0.15) is 5.82 Å². The molecule has 0 bridgehead atoms. The second-order valence-corrected chi connectivity index (χ2v) is 5.57. The van der Waals surface area contributed by atoms with Crippen molar-refractivity contribution >= 4 is 11.6 Å². The van der Waals surface area contributed by atoms with Gasteiger partial charge in [0.05, 0.1) is 12.2 Å². The second kappa shape index (κ2) is 5.55. The van der Waals surface area contributed by atoms with Crippen molar-refractivity contribution in [2.75, 3.05) is 6.54 Å². The summed E-state index contributed by atoms with van der Waals surface area (Å²) in [6.45, 7) is 0.826. The number of nitrogens with one attached hydrogen (secondary N) is 1. The summed E-state index contributed by atoms with van der Waals surface area (Å²) < 4.78 is 53.9. The van der Waals surface area contributed by atoms with Crippen molar-refractivity contribution in [2.45, 2.75) is 25.7 Å². The molecule has 1 aromatic carbocycles. The van der Waals surface area contributed by atoms with E-state index in [4.69, 9.17) is 11.6 Å². The van der Waals surface area contributed by atoms with Crippen LogP contribution in [0.2, 0.25) is 5.02 Å². The molecule has 1 N–H and O–H groups in total. The summed E-state index contributed by atoms with van der Waals surface area (Å²) in [4.78, 5) is 0. The van der Waals surface area contributed by atoms with Gasteiger partial charge >= 0.3 is 6.18 Å². The van der Waals surface area contributed by atoms with E-state index < -0.39 is 17.7 Å². The molecule has 0 radical (unpaired) electrons. The van der Waals surface area contributed by atoms with Crippen LogP contribution in [0.4, 0.5) is 17.6 Å². The van der Waals surface area contributed by atoms with Crippen molar-refractivity contribution in [3.63, 3.8) is 0 Å². The van der Waals surface area contributed by atoms with Crippen molar-refractivity contribution in [1.29, 1.82) is 0 Å². The van der Waals surface area contributed by atoms with E-state index in [0.29, 0.717) is 24.3 Å². The fourth-order valence-corrected chi connectivity index (χ4v) is 2.89. The monoisotopic (exact) mass is 333 g/mol. The van der Waals surface area contributed by atoms with Gasteiger partial charge in [-0.15, -0.1) is 0 Å². The highest BCUT2D eigenvalue weighted by Gasteiger charge is 2.39. The van der Waals surface area contributed by atoms with Crippen LogP contribution in [0.15, 0.2) is 18.2 Å². The molecule has 22 heavy (non-hydrogen) atoms. The Morgan fingerprint density at radius 2 is 2.05 bits per heavy atom. The number of aromatic nitrogens is 2. The first-order valence-corrected chi connectivity index (χ1v) is 7.04. The summed E-state index contributed by atoms with van der Waals surface area (Å²) in [5, 5.41) is 6.93. The lowest BCUT2D eigenvalue weighted by atomic mass is 10.1. The minimum atomic E-state index is -4.49. The van der Waals surface area contributed by atoms with E-state index in [1.165, 1.54) is 16.8 Å². The largest absolute Gasteiger partial charge is 0.435 e. The molecule has 0 saturated heterocycles. The average Bonchev–Trinajstić information content (AvgIpc) is 2.77. The first kappa shape index (κ1) is 15.3. The molecule has 0 spiro atoms. The molecular formula is C14H12ClF4N3. The highest BCUT2D eigenvalue weighted by Crippen LogP contribution is 2.34. The standard InChI is InChI=1S/C14H12ClF4N3/c15-9-3-8(4-10(16)5-9)7-22-12-6-20-2-1-11(12)13(21-22)14(17,18)19/h3-5,20H,1-2,6-7H2. The topological polar surface area (TPSA) is 29.9 Å². The molecule has 0 aliphatic carbocycles. The molecule has 3 rings (SSSR count). The zero-order valence-corrected chi connectivity index (χ0v) is 12.1. The third kappa shape index (κ3) is 2.96. The van der Waals surface area contributed by atoms with Gasteiger partial charge in [-0.25, -0.2) is 4.39 Å². The van der Waals surface area contributed by atoms with Gasteiger partial charge in [0.15, 0.2) is 5.69 Å². The Bertz CT molecular complexity index is 689. The number of benzene rings is 1. The molecule has 0 fully saturated rings. The van der Waals surface area contributed by atoms with Crippen LogP contribution in [0, 0.1) is 5.82 Å². The summed E-state index contributed by atoms with van der Waals surface area (Å²) in [7, 11) is 0. The molecule has 2 heterocycles. The first-order valence-electron chi connectivity index (χ1n) is 6.66. The Labute approximate surface area is 128 Å². The maximum atomic E-state index is 13.4. The number of hydrogen-bond acceptors (Lipinski definition) is 2. The Morgan fingerprint density at radius 3 is 2.73 bits per heavy atom. The average molecular weight is 334 g/mol. The lowest BCUT2D eigenvalue weighted by Gasteiger charge is -2.16. The summed E-state index contributed by atoms with van der Waals surface area (Å²) >= 11 is 5.78. The fourth-order valence-electron chi connectivity index (χ4n) is 2.65. The molecule has 0 amide bonds. The molecule has 0 atom stereocenters. The van der Waals surface area contributed by atoms with Crippen LogP contribution < -0.4 is 5.32 Å². The second-order valence-electron chi connectivity index (χ2n) is 5.13. The lowest BCUT2D eigenvalue weighted by molar-refractivity contribution is -0.142. The third-order valence-electron chi connectivity index (χ3n) is 3.53. The van der Waals surface area contributed by atoms with E-state index in [9.17, 15) is 17.6 Å². The number of rotatable bonds is 2. The molecule has 3 nitrogen and oxygen atoms in total. The van der Waals surface area contributed by atoms with E-state index in [1.807, 2.05) is 0 Å². The van der Waals surface area contributed by atoms with E-state index >= 15 is 0 Å². The maximum absolute atomic E-state index is 13.4. The third-order valence-corrected chi connectivity index (χ3v) is 3.75. The molecule has 8 heteroatoms. The van der Waals surface area contributed by atoms with Gasteiger partial charge < -0.3 is 5.32 Å². The molecule has 1 aliphatic heterocycles. The Morgan fingerprint density at radius 1 is 1.27 bits per heavy atom. The predicted octanol–water partition coefficient (Wildman–Crippen LogP) is 3.39. The highest BCUT2D eigenvalue weighted by molar-refractivity contribution is 6.30.